The Morgan fingerprint density at radius 1 is 1.50 bits per heavy atom. The van der Waals surface area contributed by atoms with E-state index in [0.29, 0.717) is 5.92 Å². The van der Waals surface area contributed by atoms with Crippen molar-refractivity contribution in [2.75, 3.05) is 38.2 Å². The van der Waals surface area contributed by atoms with Crippen LogP contribution in [0.4, 0.5) is 9.80 Å². The molecule has 3 aliphatic rings. The van der Waals surface area contributed by atoms with E-state index in [0.717, 1.165) is 24.0 Å². The zero-order valence-corrected chi connectivity index (χ0v) is 14.5. The number of carbonyl (C=O) groups excluding carboxylic acids is 1. The fourth-order valence-corrected chi connectivity index (χ4v) is 4.93. The van der Waals surface area contributed by atoms with Gasteiger partial charge in [0.1, 0.15) is 5.00 Å². The van der Waals surface area contributed by atoms with Gasteiger partial charge in [-0.25, -0.2) is 4.79 Å². The van der Waals surface area contributed by atoms with E-state index in [2.05, 4.69) is 27.5 Å². The zero-order chi connectivity index (χ0) is 14.1. The number of rotatable bonds is 3. The summed E-state index contributed by atoms with van der Waals surface area (Å²) in [5.41, 5.74) is 0. The Bertz CT molecular complexity index is 485. The maximum absolute atomic E-state index is 12.1. The topological polar surface area (TPSA) is 32.8 Å². The van der Waals surface area contributed by atoms with Gasteiger partial charge in [0.25, 0.3) is 0 Å². The fraction of sp³-hybridized carbons (Fsp3) is 0.643. The van der Waals surface area contributed by atoms with Gasteiger partial charge in [-0.1, -0.05) is 0 Å². The van der Waals surface area contributed by atoms with E-state index in [1.807, 2.05) is 17.0 Å². The second-order valence-electron chi connectivity index (χ2n) is 5.56. The number of hydrogen-bond acceptors (Lipinski definition) is 4. The highest BCUT2D eigenvalue weighted by molar-refractivity contribution is 14.1. The number of thiophene rings is 1. The number of halogens is 1. The summed E-state index contributed by atoms with van der Waals surface area (Å²) in [6, 6.07) is 4.07. The van der Waals surface area contributed by atoms with E-state index < -0.39 is 0 Å². The second-order valence-corrected chi connectivity index (χ2v) is 8.51. The van der Waals surface area contributed by atoms with E-state index >= 15 is 0 Å². The number of methoxy groups -OCH3 is 1. The standard InChI is InChI=1S/C14H19IN2O2S/c1-19-14(18)17(13-3-2-12(15)20-13)9-11-8-16-6-4-10(11)5-7-16/h2-3,10-11H,4-9H2,1H3/i15-2. The minimum Gasteiger partial charge on any atom is -0.452 e. The molecule has 2 bridgehead atoms. The number of nitrogens with zero attached hydrogens (tertiary/aromatic N) is 2. The molecule has 0 spiro atoms. The van der Waals surface area contributed by atoms with E-state index in [-0.39, 0.29) is 6.09 Å². The first-order valence-corrected chi connectivity index (χ1v) is 8.90. The number of anilines is 1. The highest BCUT2D eigenvalue weighted by Gasteiger charge is 2.36. The summed E-state index contributed by atoms with van der Waals surface area (Å²) in [4.78, 5) is 16.4. The van der Waals surface area contributed by atoms with Crippen LogP contribution in [-0.4, -0.2) is 44.3 Å². The third kappa shape index (κ3) is 2.96. The number of amides is 1. The van der Waals surface area contributed by atoms with Crippen LogP contribution >= 0.6 is 33.9 Å². The number of piperidine rings is 3. The van der Waals surface area contributed by atoms with Crippen molar-refractivity contribution in [2.24, 2.45) is 11.8 Å². The van der Waals surface area contributed by atoms with Crippen LogP contribution < -0.4 is 4.90 Å². The van der Waals surface area contributed by atoms with Gasteiger partial charge in [-0.3, -0.25) is 4.90 Å². The van der Waals surface area contributed by atoms with Crippen LogP contribution in [0.2, 0.25) is 0 Å². The monoisotopic (exact) mass is 404 g/mol. The van der Waals surface area contributed by atoms with Crippen molar-refractivity contribution in [3.63, 3.8) is 0 Å². The molecule has 1 aromatic heterocycles. The van der Waals surface area contributed by atoms with Crippen LogP contribution in [0.15, 0.2) is 12.1 Å². The fourth-order valence-electron chi connectivity index (χ4n) is 3.34. The highest BCUT2D eigenvalue weighted by Crippen LogP contribution is 2.35. The minimum atomic E-state index is -0.236. The molecule has 110 valence electrons. The smallest absolute Gasteiger partial charge is 0.414 e. The van der Waals surface area contributed by atoms with Crippen LogP contribution in [0.3, 0.4) is 0 Å². The predicted octanol–water partition coefficient (Wildman–Crippen LogP) is 3.27. The largest absolute Gasteiger partial charge is 0.452 e. The van der Waals surface area contributed by atoms with E-state index in [1.165, 1.54) is 35.9 Å². The average Bonchev–Trinajstić information content (AvgIpc) is 2.91. The maximum atomic E-state index is 12.1. The molecule has 4 rings (SSSR count). The van der Waals surface area contributed by atoms with Crippen LogP contribution in [0, 0.1) is 14.7 Å². The summed E-state index contributed by atoms with van der Waals surface area (Å²) in [6.07, 6.45) is 2.32. The lowest BCUT2D eigenvalue weighted by molar-refractivity contribution is 0.0540. The molecule has 4 nitrogen and oxygen atoms in total. The first kappa shape index (κ1) is 14.6. The molecular formula is C14H19IN2O2S. The summed E-state index contributed by atoms with van der Waals surface area (Å²) in [7, 11) is 1.46. The molecule has 1 amide bonds. The Kier molecular flexibility index (Phi) is 4.52. The Labute approximate surface area is 137 Å². The van der Waals surface area contributed by atoms with E-state index in [4.69, 9.17) is 4.74 Å². The van der Waals surface area contributed by atoms with E-state index in [9.17, 15) is 4.79 Å². The maximum Gasteiger partial charge on any atom is 0.414 e. The molecule has 4 heterocycles. The van der Waals surface area contributed by atoms with Crippen LogP contribution in [-0.2, 0) is 4.74 Å². The number of hydrogen-bond donors (Lipinski definition) is 0. The molecule has 3 saturated heterocycles. The van der Waals surface area contributed by atoms with Gasteiger partial charge >= 0.3 is 6.09 Å². The second kappa shape index (κ2) is 6.19. The van der Waals surface area contributed by atoms with Crippen molar-refractivity contribution in [3.8, 4) is 0 Å². The molecule has 1 atom stereocenters. The average molecular weight is 404 g/mol. The molecule has 0 radical (unpaired) electrons. The number of carbonyl (C=O) groups is 1. The van der Waals surface area contributed by atoms with Crippen molar-refractivity contribution in [3.05, 3.63) is 15.0 Å². The van der Waals surface area contributed by atoms with Gasteiger partial charge in [0.15, 0.2) is 0 Å². The van der Waals surface area contributed by atoms with Crippen molar-refractivity contribution in [2.45, 2.75) is 12.8 Å². The minimum absolute atomic E-state index is 0.236. The van der Waals surface area contributed by atoms with E-state index in [1.54, 1.807) is 11.3 Å². The third-order valence-corrected chi connectivity index (χ3v) is 6.35. The van der Waals surface area contributed by atoms with Gasteiger partial charge in [-0.2, -0.15) is 0 Å². The SMILES string of the molecule is COC(=O)N(CC1CN2CCC1CC2)c1ccc([125I])s1. The molecule has 0 aliphatic carbocycles. The Hall–Kier alpha value is -0.340. The van der Waals surface area contributed by atoms with Gasteiger partial charge in [0, 0.05) is 13.1 Å². The first-order valence-electron chi connectivity index (χ1n) is 7.00. The van der Waals surface area contributed by atoms with Crippen molar-refractivity contribution >= 4 is 45.0 Å². The Balaban J connectivity index is 1.75. The van der Waals surface area contributed by atoms with Crippen LogP contribution in [0.25, 0.3) is 0 Å². The molecule has 1 aromatic rings. The molecule has 0 aromatic carbocycles. The summed E-state index contributed by atoms with van der Waals surface area (Å²) in [5.74, 6) is 1.35. The summed E-state index contributed by atoms with van der Waals surface area (Å²) in [6.45, 7) is 4.37. The molecule has 0 saturated carbocycles. The number of fused-ring (bicyclic) bond motifs is 3. The van der Waals surface area contributed by atoms with Crippen LogP contribution in [0.1, 0.15) is 12.8 Å². The van der Waals surface area contributed by atoms with Gasteiger partial charge in [0.2, 0.25) is 0 Å². The predicted molar refractivity (Wildman–Crippen MR) is 89.4 cm³/mol. The van der Waals surface area contributed by atoms with Crippen LogP contribution in [0.5, 0.6) is 0 Å². The quantitative estimate of drug-likeness (QED) is 0.726. The molecule has 3 aliphatic heterocycles. The molecule has 1 unspecified atom stereocenters. The molecule has 20 heavy (non-hydrogen) atoms. The van der Waals surface area contributed by atoms with Crippen molar-refractivity contribution in [1.82, 2.24) is 4.90 Å². The van der Waals surface area contributed by atoms with Gasteiger partial charge in [-0.05, 0) is 72.5 Å². The molecule has 3 fully saturated rings. The van der Waals surface area contributed by atoms with Gasteiger partial charge < -0.3 is 9.64 Å². The molecular weight excluding hydrogens is 385 g/mol. The Morgan fingerprint density at radius 2 is 2.25 bits per heavy atom. The van der Waals surface area contributed by atoms with Gasteiger partial charge in [-0.15, -0.1) is 11.3 Å². The van der Waals surface area contributed by atoms with Crippen molar-refractivity contribution < 1.29 is 9.53 Å². The first-order chi connectivity index (χ1) is 9.67. The summed E-state index contributed by atoms with van der Waals surface area (Å²) in [5, 5.41) is 0.998. The highest BCUT2D eigenvalue weighted by atomic mass is 125. The zero-order valence-electron chi connectivity index (χ0n) is 11.5. The molecule has 6 heteroatoms. The van der Waals surface area contributed by atoms with Crippen molar-refractivity contribution in [1.29, 1.82) is 0 Å². The molecule has 0 N–H and O–H groups in total. The number of ether oxygens (including phenoxy) is 1. The van der Waals surface area contributed by atoms with Gasteiger partial charge in [0.05, 0.1) is 9.99 Å². The normalized spacial score (nSPS) is 28.4. The lowest BCUT2D eigenvalue weighted by atomic mass is 9.79. The third-order valence-electron chi connectivity index (χ3n) is 4.43. The lowest BCUT2D eigenvalue weighted by Gasteiger charge is -2.45. The summed E-state index contributed by atoms with van der Waals surface area (Å²) < 4.78 is 6.17. The lowest BCUT2D eigenvalue weighted by Crippen LogP contribution is -2.51. The Morgan fingerprint density at radius 3 is 2.75 bits per heavy atom. The summed E-state index contributed by atoms with van der Waals surface area (Å²) >= 11 is 3.94.